The number of phenolic OH excluding ortho intramolecular Hbond substituents is 1. The highest BCUT2D eigenvalue weighted by Gasteiger charge is 2.28. The van der Waals surface area contributed by atoms with Crippen molar-refractivity contribution in [2.24, 2.45) is 0 Å². The largest absolute Gasteiger partial charge is 0.508 e. The van der Waals surface area contributed by atoms with Gasteiger partial charge in [-0.2, -0.15) is 0 Å². The Labute approximate surface area is 123 Å². The number of hydrogen-bond acceptors (Lipinski definition) is 7. The van der Waals surface area contributed by atoms with E-state index in [1.807, 2.05) is 19.1 Å². The molecule has 0 amide bonds. The second-order valence-corrected chi connectivity index (χ2v) is 5.05. The molecule has 1 saturated heterocycles. The van der Waals surface area contributed by atoms with Gasteiger partial charge in [0.25, 0.3) is 0 Å². The summed E-state index contributed by atoms with van der Waals surface area (Å²) in [5.74, 6) is 0.329. The van der Waals surface area contributed by atoms with E-state index in [9.17, 15) is 5.11 Å². The Morgan fingerprint density at radius 3 is 2.24 bits per heavy atom. The van der Waals surface area contributed by atoms with Crippen LogP contribution in [0.15, 0.2) is 24.3 Å². The number of nitrogens with zero attached hydrogens (tertiary/aromatic N) is 1. The molecular weight excluding hydrogens is 278 g/mol. The third-order valence-electron chi connectivity index (χ3n) is 3.14. The lowest BCUT2D eigenvalue weighted by Crippen LogP contribution is -2.42. The molecule has 0 spiro atoms. The fraction of sp³-hybridized carbons (Fsp3) is 0.571. The van der Waals surface area contributed by atoms with Crippen molar-refractivity contribution in [2.75, 3.05) is 13.2 Å². The molecule has 1 aromatic rings. The summed E-state index contributed by atoms with van der Waals surface area (Å²) in [5, 5.41) is 44.0. The van der Waals surface area contributed by atoms with Crippen LogP contribution in [0.3, 0.4) is 0 Å². The Bertz CT molecular complexity index is 376. The SMILES string of the molecule is Cc1ccc(O)cc1.OC1COC(CCN(O)O)CC1O. The van der Waals surface area contributed by atoms with E-state index in [0.29, 0.717) is 18.6 Å². The lowest BCUT2D eigenvalue weighted by molar-refractivity contribution is -0.309. The zero-order chi connectivity index (χ0) is 15.8. The van der Waals surface area contributed by atoms with Gasteiger partial charge in [0.1, 0.15) is 11.9 Å². The van der Waals surface area contributed by atoms with Crippen molar-refractivity contribution in [3.05, 3.63) is 29.8 Å². The Kier molecular flexibility index (Phi) is 7.58. The monoisotopic (exact) mass is 301 g/mol. The third-order valence-corrected chi connectivity index (χ3v) is 3.14. The second-order valence-electron chi connectivity index (χ2n) is 5.05. The molecule has 7 heteroatoms. The molecule has 1 heterocycles. The van der Waals surface area contributed by atoms with Crippen LogP contribution < -0.4 is 0 Å². The summed E-state index contributed by atoms with van der Waals surface area (Å²) in [7, 11) is 0. The van der Waals surface area contributed by atoms with Crippen molar-refractivity contribution < 1.29 is 30.5 Å². The molecule has 120 valence electrons. The van der Waals surface area contributed by atoms with Crippen molar-refractivity contribution in [3.63, 3.8) is 0 Å². The molecule has 7 nitrogen and oxygen atoms in total. The summed E-state index contributed by atoms with van der Waals surface area (Å²) in [6.07, 6.45) is -1.08. The zero-order valence-corrected chi connectivity index (χ0v) is 12.0. The van der Waals surface area contributed by atoms with Crippen molar-refractivity contribution >= 4 is 0 Å². The van der Waals surface area contributed by atoms with Gasteiger partial charge in [0.2, 0.25) is 0 Å². The minimum Gasteiger partial charge on any atom is -0.508 e. The van der Waals surface area contributed by atoms with Crippen molar-refractivity contribution in [2.45, 2.75) is 38.1 Å². The van der Waals surface area contributed by atoms with E-state index in [0.717, 1.165) is 0 Å². The molecule has 0 radical (unpaired) electrons. The molecular formula is C14H23NO6. The first-order valence-corrected chi connectivity index (χ1v) is 6.77. The van der Waals surface area contributed by atoms with E-state index in [1.165, 1.54) is 5.56 Å². The normalized spacial score (nSPS) is 25.3. The Morgan fingerprint density at radius 2 is 1.76 bits per heavy atom. The third kappa shape index (κ3) is 7.37. The standard InChI is InChI=1S/C7H15NO5.C7H8O/c9-6-3-5(1-2-8(11)12)13-4-7(6)10;1-6-2-4-7(8)5-3-6/h5-7,9-12H,1-4H2;2-5,8H,1H3. The summed E-state index contributed by atoms with van der Waals surface area (Å²) in [4.78, 5) is 0. The van der Waals surface area contributed by atoms with E-state index in [-0.39, 0.29) is 24.5 Å². The molecule has 1 fully saturated rings. The van der Waals surface area contributed by atoms with Gasteiger partial charge < -0.3 is 20.1 Å². The van der Waals surface area contributed by atoms with Gasteiger partial charge in [-0.25, -0.2) is 0 Å². The van der Waals surface area contributed by atoms with Crippen LogP contribution in [0.2, 0.25) is 0 Å². The molecule has 0 saturated carbocycles. The number of rotatable bonds is 3. The second kappa shape index (κ2) is 8.93. The Balaban J connectivity index is 0.000000235. The van der Waals surface area contributed by atoms with E-state index >= 15 is 0 Å². The smallest absolute Gasteiger partial charge is 0.115 e. The first-order valence-electron chi connectivity index (χ1n) is 6.77. The summed E-state index contributed by atoms with van der Waals surface area (Å²) in [6, 6.07) is 7.09. The van der Waals surface area contributed by atoms with E-state index in [4.69, 9.17) is 25.4 Å². The maximum absolute atomic E-state index is 9.24. The maximum Gasteiger partial charge on any atom is 0.115 e. The fourth-order valence-electron chi connectivity index (χ4n) is 1.85. The molecule has 21 heavy (non-hydrogen) atoms. The quantitative estimate of drug-likeness (QED) is 0.521. The van der Waals surface area contributed by atoms with Crippen LogP contribution in [0.25, 0.3) is 0 Å². The fourth-order valence-corrected chi connectivity index (χ4v) is 1.85. The van der Waals surface area contributed by atoms with E-state index in [2.05, 4.69) is 0 Å². The molecule has 1 aliphatic rings. The Hall–Kier alpha value is -1.22. The average Bonchev–Trinajstić information content (AvgIpc) is 2.44. The number of phenols is 1. The van der Waals surface area contributed by atoms with Crippen LogP contribution in [0.1, 0.15) is 18.4 Å². The number of aromatic hydroxyl groups is 1. The van der Waals surface area contributed by atoms with Gasteiger partial charge in [0, 0.05) is 6.42 Å². The van der Waals surface area contributed by atoms with Gasteiger partial charge in [0.15, 0.2) is 0 Å². The molecule has 0 bridgehead atoms. The zero-order valence-electron chi connectivity index (χ0n) is 12.0. The van der Waals surface area contributed by atoms with Gasteiger partial charge in [-0.05, 0) is 25.5 Å². The number of benzene rings is 1. The predicted octanol–water partition coefficient (Wildman–Crippen LogP) is 0.668. The first-order chi connectivity index (χ1) is 9.88. The van der Waals surface area contributed by atoms with Crippen LogP contribution in [-0.4, -0.2) is 62.4 Å². The van der Waals surface area contributed by atoms with Crippen LogP contribution in [0, 0.1) is 6.92 Å². The van der Waals surface area contributed by atoms with E-state index in [1.54, 1.807) is 12.1 Å². The minimum atomic E-state index is -0.824. The maximum atomic E-state index is 9.24. The van der Waals surface area contributed by atoms with Crippen LogP contribution in [-0.2, 0) is 4.74 Å². The molecule has 1 aliphatic heterocycles. The van der Waals surface area contributed by atoms with Crippen LogP contribution in [0.5, 0.6) is 5.75 Å². The molecule has 1 aromatic carbocycles. The average molecular weight is 301 g/mol. The Morgan fingerprint density at radius 1 is 1.14 bits per heavy atom. The van der Waals surface area contributed by atoms with E-state index < -0.39 is 12.2 Å². The van der Waals surface area contributed by atoms with Crippen molar-refractivity contribution in [1.82, 2.24) is 5.23 Å². The number of ether oxygens (including phenoxy) is 1. The lowest BCUT2D eigenvalue weighted by Gasteiger charge is -2.30. The van der Waals surface area contributed by atoms with Gasteiger partial charge in [0.05, 0.1) is 25.4 Å². The first kappa shape index (κ1) is 17.8. The molecule has 0 aromatic heterocycles. The molecule has 2 rings (SSSR count). The van der Waals surface area contributed by atoms with Gasteiger partial charge >= 0.3 is 0 Å². The summed E-state index contributed by atoms with van der Waals surface area (Å²) >= 11 is 0. The number of hydroxylamine groups is 2. The molecule has 5 N–H and O–H groups in total. The van der Waals surface area contributed by atoms with Crippen LogP contribution in [0.4, 0.5) is 0 Å². The predicted molar refractivity (Wildman–Crippen MR) is 74.1 cm³/mol. The molecule has 3 unspecified atom stereocenters. The number of aliphatic hydroxyl groups is 2. The van der Waals surface area contributed by atoms with Crippen LogP contribution >= 0.6 is 0 Å². The highest BCUT2D eigenvalue weighted by atomic mass is 16.8. The van der Waals surface area contributed by atoms with Crippen molar-refractivity contribution in [3.8, 4) is 5.75 Å². The van der Waals surface area contributed by atoms with Gasteiger partial charge in [-0.1, -0.05) is 22.9 Å². The summed E-state index contributed by atoms with van der Waals surface area (Å²) in [6.45, 7) is 2.15. The van der Waals surface area contributed by atoms with Crippen molar-refractivity contribution in [1.29, 1.82) is 0 Å². The van der Waals surface area contributed by atoms with Gasteiger partial charge in [-0.15, -0.1) is 0 Å². The van der Waals surface area contributed by atoms with Gasteiger partial charge in [-0.3, -0.25) is 10.4 Å². The summed E-state index contributed by atoms with van der Waals surface area (Å²) in [5.41, 5.74) is 1.17. The highest BCUT2D eigenvalue weighted by molar-refractivity contribution is 5.24. The molecule has 3 atom stereocenters. The highest BCUT2D eigenvalue weighted by Crippen LogP contribution is 2.16. The number of hydrogen-bond donors (Lipinski definition) is 5. The minimum absolute atomic E-state index is 0.0630. The number of aryl methyl sites for hydroxylation is 1. The topological polar surface area (TPSA) is 114 Å². The number of aliphatic hydroxyl groups excluding tert-OH is 2. The lowest BCUT2D eigenvalue weighted by atomic mass is 10.0. The summed E-state index contributed by atoms with van der Waals surface area (Å²) < 4.78 is 5.15. The molecule has 0 aliphatic carbocycles.